The fourth-order valence-corrected chi connectivity index (χ4v) is 2.81. The topological polar surface area (TPSA) is 72.2 Å². The molecule has 3 rings (SSSR count). The molecular weight excluding hydrogens is 348 g/mol. The Hall–Kier alpha value is -2.55. The normalized spacial score (nSPS) is 11.2. The van der Waals surface area contributed by atoms with Crippen LogP contribution in [0.4, 0.5) is 14.5 Å². The van der Waals surface area contributed by atoms with Gasteiger partial charge < -0.3 is 5.32 Å². The van der Waals surface area contributed by atoms with Gasteiger partial charge in [0.2, 0.25) is 5.91 Å². The van der Waals surface area contributed by atoms with Crippen LogP contribution >= 0.6 is 11.8 Å². The third kappa shape index (κ3) is 3.76. The van der Waals surface area contributed by atoms with Gasteiger partial charge in [0.05, 0.1) is 5.75 Å². The van der Waals surface area contributed by atoms with Crippen molar-refractivity contribution in [3.8, 4) is 0 Å². The van der Waals surface area contributed by atoms with Crippen LogP contribution < -0.4 is 5.32 Å². The van der Waals surface area contributed by atoms with Gasteiger partial charge in [0.25, 0.3) is 0 Å². The van der Waals surface area contributed by atoms with E-state index in [1.165, 1.54) is 6.07 Å². The monoisotopic (exact) mass is 363 g/mol. The number of aromatic nitrogens is 4. The van der Waals surface area contributed by atoms with Crippen molar-refractivity contribution < 1.29 is 13.6 Å². The lowest BCUT2D eigenvalue weighted by atomic mass is 10.2. The molecule has 0 radical (unpaired) electrons. The summed E-state index contributed by atoms with van der Waals surface area (Å²) >= 11 is 1.15. The van der Waals surface area contributed by atoms with Crippen molar-refractivity contribution >= 4 is 29.0 Å². The Balaban J connectivity index is 1.70. The van der Waals surface area contributed by atoms with Crippen LogP contribution in [0.15, 0.2) is 35.4 Å². The molecule has 1 amide bonds. The fraction of sp³-hybridized carbons (Fsp3) is 0.250. The van der Waals surface area contributed by atoms with Gasteiger partial charge in [-0.1, -0.05) is 31.7 Å². The first-order chi connectivity index (χ1) is 12.0. The zero-order valence-corrected chi connectivity index (χ0v) is 14.3. The number of hydrogen-bond acceptors (Lipinski definition) is 5. The van der Waals surface area contributed by atoms with Crippen LogP contribution in [0.5, 0.6) is 0 Å². The summed E-state index contributed by atoms with van der Waals surface area (Å²) in [6, 6.07) is 6.87. The van der Waals surface area contributed by atoms with Gasteiger partial charge in [-0.05, 0) is 24.3 Å². The number of nitrogens with one attached hydrogen (secondary N) is 1. The molecule has 1 aromatic carbocycles. The molecule has 0 unspecified atom stereocenters. The summed E-state index contributed by atoms with van der Waals surface area (Å²) in [5.41, 5.74) is 0.170. The Morgan fingerprint density at radius 3 is 2.60 bits per heavy atom. The van der Waals surface area contributed by atoms with Gasteiger partial charge in [-0.15, -0.1) is 10.2 Å². The number of benzene rings is 1. The van der Waals surface area contributed by atoms with E-state index in [2.05, 4.69) is 20.6 Å². The van der Waals surface area contributed by atoms with Crippen LogP contribution in [-0.2, 0) is 4.79 Å². The second-order valence-electron chi connectivity index (χ2n) is 5.59. The zero-order valence-electron chi connectivity index (χ0n) is 13.5. The van der Waals surface area contributed by atoms with E-state index in [1.807, 2.05) is 13.8 Å². The summed E-state index contributed by atoms with van der Waals surface area (Å²) in [7, 11) is 0. The van der Waals surface area contributed by atoms with Crippen molar-refractivity contribution in [3.63, 3.8) is 0 Å². The number of rotatable bonds is 5. The molecule has 0 bridgehead atoms. The number of carbonyl (C=O) groups excluding carboxylic acids is 1. The Morgan fingerprint density at radius 1 is 1.20 bits per heavy atom. The Kier molecular flexibility index (Phi) is 4.93. The second kappa shape index (κ2) is 7.14. The lowest BCUT2D eigenvalue weighted by Gasteiger charge is -2.07. The molecule has 25 heavy (non-hydrogen) atoms. The maximum atomic E-state index is 13.5. The van der Waals surface area contributed by atoms with Crippen molar-refractivity contribution in [1.82, 2.24) is 19.8 Å². The van der Waals surface area contributed by atoms with E-state index < -0.39 is 23.2 Å². The standard InChI is InChI=1S/C16H15F2N5OS/c1-9(2)16-21-20-12-6-7-14(22-23(12)16)25-8-13(24)19-15-10(17)4-3-5-11(15)18/h3-7,9H,8H2,1-2H3,(H,19,24). The number of thioether (sulfide) groups is 1. The highest BCUT2D eigenvalue weighted by Crippen LogP contribution is 2.21. The largest absolute Gasteiger partial charge is 0.320 e. The number of para-hydroxylation sites is 1. The van der Waals surface area contributed by atoms with E-state index in [-0.39, 0.29) is 11.7 Å². The van der Waals surface area contributed by atoms with E-state index in [0.717, 1.165) is 29.7 Å². The summed E-state index contributed by atoms with van der Waals surface area (Å²) < 4.78 is 28.7. The summed E-state index contributed by atoms with van der Waals surface area (Å²) in [6.07, 6.45) is 0. The van der Waals surface area contributed by atoms with Crippen LogP contribution in [0.3, 0.4) is 0 Å². The molecule has 2 heterocycles. The summed E-state index contributed by atoms with van der Waals surface area (Å²) in [5, 5.41) is 15.3. The van der Waals surface area contributed by atoms with Crippen LogP contribution in [-0.4, -0.2) is 31.5 Å². The van der Waals surface area contributed by atoms with Crippen molar-refractivity contribution in [2.45, 2.75) is 24.8 Å². The summed E-state index contributed by atoms with van der Waals surface area (Å²) in [4.78, 5) is 12.0. The van der Waals surface area contributed by atoms with Gasteiger partial charge in [-0.3, -0.25) is 4.79 Å². The van der Waals surface area contributed by atoms with Gasteiger partial charge in [-0.2, -0.15) is 9.61 Å². The number of hydrogen-bond donors (Lipinski definition) is 1. The fourth-order valence-electron chi connectivity index (χ4n) is 2.16. The van der Waals surface area contributed by atoms with Crippen molar-refractivity contribution in [2.75, 3.05) is 11.1 Å². The predicted octanol–water partition coefficient (Wildman–Crippen LogP) is 3.26. The third-order valence-electron chi connectivity index (χ3n) is 3.36. The second-order valence-corrected chi connectivity index (χ2v) is 6.58. The van der Waals surface area contributed by atoms with E-state index in [9.17, 15) is 13.6 Å². The van der Waals surface area contributed by atoms with Crippen LogP contribution in [0, 0.1) is 11.6 Å². The van der Waals surface area contributed by atoms with Crippen LogP contribution in [0.2, 0.25) is 0 Å². The van der Waals surface area contributed by atoms with Crippen LogP contribution in [0.1, 0.15) is 25.6 Å². The SMILES string of the molecule is CC(C)c1nnc2ccc(SCC(=O)Nc3c(F)cccc3F)nn12. The molecule has 0 aliphatic heterocycles. The molecule has 6 nitrogen and oxygen atoms in total. The number of carbonyl (C=O) groups is 1. The van der Waals surface area contributed by atoms with Crippen molar-refractivity contribution in [1.29, 1.82) is 0 Å². The van der Waals surface area contributed by atoms with Gasteiger partial charge >= 0.3 is 0 Å². The quantitative estimate of drug-likeness (QED) is 0.705. The lowest BCUT2D eigenvalue weighted by Crippen LogP contribution is -2.16. The molecule has 0 saturated heterocycles. The molecule has 9 heteroatoms. The highest BCUT2D eigenvalue weighted by atomic mass is 32.2. The summed E-state index contributed by atoms with van der Waals surface area (Å²) in [5.74, 6) is -1.33. The smallest absolute Gasteiger partial charge is 0.234 e. The molecule has 130 valence electrons. The number of amides is 1. The molecule has 0 spiro atoms. The minimum absolute atomic E-state index is 0.0363. The predicted molar refractivity (Wildman–Crippen MR) is 90.6 cm³/mol. The minimum atomic E-state index is -0.816. The highest BCUT2D eigenvalue weighted by molar-refractivity contribution is 7.99. The van der Waals surface area contributed by atoms with E-state index >= 15 is 0 Å². The first-order valence-corrected chi connectivity index (χ1v) is 8.53. The minimum Gasteiger partial charge on any atom is -0.320 e. The molecule has 1 N–H and O–H groups in total. The lowest BCUT2D eigenvalue weighted by molar-refractivity contribution is -0.113. The van der Waals surface area contributed by atoms with Gasteiger partial charge in [0.15, 0.2) is 11.5 Å². The van der Waals surface area contributed by atoms with Crippen molar-refractivity contribution in [2.24, 2.45) is 0 Å². The first-order valence-electron chi connectivity index (χ1n) is 7.54. The Labute approximate surface area is 146 Å². The molecule has 0 saturated carbocycles. The Morgan fingerprint density at radius 2 is 1.92 bits per heavy atom. The molecule has 0 atom stereocenters. The molecule has 2 aromatic heterocycles. The average Bonchev–Trinajstić information content (AvgIpc) is 3.00. The average molecular weight is 363 g/mol. The highest BCUT2D eigenvalue weighted by Gasteiger charge is 2.14. The van der Waals surface area contributed by atoms with E-state index in [4.69, 9.17) is 0 Å². The number of nitrogens with zero attached hydrogens (tertiary/aromatic N) is 4. The van der Waals surface area contributed by atoms with E-state index in [0.29, 0.717) is 10.7 Å². The van der Waals surface area contributed by atoms with E-state index in [1.54, 1.807) is 16.6 Å². The van der Waals surface area contributed by atoms with Crippen LogP contribution in [0.25, 0.3) is 5.65 Å². The maximum Gasteiger partial charge on any atom is 0.234 e. The Bertz CT molecular complexity index is 908. The molecule has 0 fully saturated rings. The zero-order chi connectivity index (χ0) is 18.0. The van der Waals surface area contributed by atoms with Gasteiger partial charge in [0, 0.05) is 5.92 Å². The van der Waals surface area contributed by atoms with Gasteiger partial charge in [0.1, 0.15) is 22.3 Å². The summed E-state index contributed by atoms with van der Waals surface area (Å²) in [6.45, 7) is 3.96. The number of anilines is 1. The molecule has 3 aromatic rings. The maximum absolute atomic E-state index is 13.5. The number of fused-ring (bicyclic) bond motifs is 1. The number of halogens is 2. The first kappa shape index (κ1) is 17.3. The van der Waals surface area contributed by atoms with Gasteiger partial charge in [-0.25, -0.2) is 8.78 Å². The van der Waals surface area contributed by atoms with Crippen molar-refractivity contribution in [3.05, 3.63) is 47.8 Å². The molecule has 0 aliphatic rings. The molecular formula is C16H15F2N5OS. The molecule has 0 aliphatic carbocycles. The third-order valence-corrected chi connectivity index (χ3v) is 4.28.